The van der Waals surface area contributed by atoms with Crippen LogP contribution in [0.1, 0.15) is 12.5 Å². The molecule has 1 atom stereocenters. The number of hydrogen-bond acceptors (Lipinski definition) is 6. The number of ether oxygens (including phenoxy) is 1. The number of aryl methyl sites for hydroxylation is 1. The summed E-state index contributed by atoms with van der Waals surface area (Å²) in [6.45, 7) is 3.30. The highest BCUT2D eigenvalue weighted by molar-refractivity contribution is 7.94. The van der Waals surface area contributed by atoms with Gasteiger partial charge >= 0.3 is 0 Å². The summed E-state index contributed by atoms with van der Waals surface area (Å²) in [5.41, 5.74) is 1.20. The molecular weight excluding hydrogens is 404 g/mol. The van der Waals surface area contributed by atoms with E-state index >= 15 is 0 Å². The van der Waals surface area contributed by atoms with Gasteiger partial charge in [-0.2, -0.15) is 0 Å². The number of benzene rings is 2. The highest BCUT2D eigenvalue weighted by Crippen LogP contribution is 2.30. The number of hydrogen-bond donors (Lipinski definition) is 1. The Bertz CT molecular complexity index is 1130. The molecule has 1 aliphatic rings. The molecule has 1 unspecified atom stereocenters. The number of carbonyl (C=O) groups is 1. The summed E-state index contributed by atoms with van der Waals surface area (Å²) in [6.07, 6.45) is 0. The minimum atomic E-state index is -3.91. The van der Waals surface area contributed by atoms with Gasteiger partial charge in [0.15, 0.2) is 0 Å². The van der Waals surface area contributed by atoms with Gasteiger partial charge in [-0.1, -0.05) is 13.0 Å². The first-order valence-electron chi connectivity index (χ1n) is 8.39. The topological polar surface area (TPSA) is 110 Å². The summed E-state index contributed by atoms with van der Waals surface area (Å²) < 4.78 is 58.0. The molecule has 0 radical (unpaired) electrons. The number of anilines is 2. The molecule has 0 aromatic heterocycles. The van der Waals surface area contributed by atoms with Crippen LogP contribution in [0.3, 0.4) is 0 Å². The van der Waals surface area contributed by atoms with Crippen LogP contribution in [-0.2, 0) is 24.8 Å². The SMILES string of the molecule is COc1ccc(C)c(NS(=O)(=O)c2ccc(N3C(=O)C(C)CS3(=O)=O)cc2)c1. The third kappa shape index (κ3) is 3.69. The monoisotopic (exact) mass is 424 g/mol. The molecule has 28 heavy (non-hydrogen) atoms. The van der Waals surface area contributed by atoms with Gasteiger partial charge in [0, 0.05) is 6.07 Å². The van der Waals surface area contributed by atoms with Crippen LogP contribution < -0.4 is 13.8 Å². The molecule has 0 spiro atoms. The van der Waals surface area contributed by atoms with Crippen LogP contribution in [0.25, 0.3) is 0 Å². The van der Waals surface area contributed by atoms with E-state index in [1.165, 1.54) is 31.4 Å². The standard InChI is InChI=1S/C18H20N2O6S2/c1-12-4-7-15(26-3)10-17(12)19-28(24,25)16-8-5-14(6-9-16)20-18(21)13(2)11-27(20,22)23/h4-10,13,19H,11H2,1-3H3. The lowest BCUT2D eigenvalue weighted by Crippen LogP contribution is -2.30. The van der Waals surface area contributed by atoms with E-state index in [0.29, 0.717) is 17.0 Å². The quantitative estimate of drug-likeness (QED) is 0.787. The maximum atomic E-state index is 12.7. The third-order valence-electron chi connectivity index (χ3n) is 4.43. The molecular formula is C18H20N2O6S2. The summed E-state index contributed by atoms with van der Waals surface area (Å²) in [5.74, 6) is -0.917. The Hall–Kier alpha value is -2.59. The lowest BCUT2D eigenvalue weighted by atomic mass is 10.2. The minimum absolute atomic E-state index is 0.0597. The maximum Gasteiger partial charge on any atom is 0.261 e. The summed E-state index contributed by atoms with van der Waals surface area (Å²) >= 11 is 0. The second-order valence-corrected chi connectivity index (χ2v) is 10.1. The average Bonchev–Trinajstić information content (AvgIpc) is 2.84. The molecule has 10 heteroatoms. The molecule has 2 aromatic carbocycles. The van der Waals surface area contributed by atoms with Crippen molar-refractivity contribution in [1.29, 1.82) is 0 Å². The first-order valence-corrected chi connectivity index (χ1v) is 11.5. The van der Waals surface area contributed by atoms with E-state index < -0.39 is 31.9 Å². The Morgan fingerprint density at radius 3 is 2.32 bits per heavy atom. The fraction of sp³-hybridized carbons (Fsp3) is 0.278. The first kappa shape index (κ1) is 20.2. The second kappa shape index (κ2) is 7.10. The highest BCUT2D eigenvalue weighted by atomic mass is 32.2. The van der Waals surface area contributed by atoms with Crippen molar-refractivity contribution in [2.75, 3.05) is 21.9 Å². The van der Waals surface area contributed by atoms with Gasteiger partial charge in [0.05, 0.1) is 35.1 Å². The highest BCUT2D eigenvalue weighted by Gasteiger charge is 2.41. The summed E-state index contributed by atoms with van der Waals surface area (Å²) in [6, 6.07) is 10.2. The second-order valence-electron chi connectivity index (χ2n) is 6.56. The van der Waals surface area contributed by atoms with E-state index in [1.54, 1.807) is 32.0 Å². The molecule has 8 nitrogen and oxygen atoms in total. The predicted molar refractivity (Wildman–Crippen MR) is 105 cm³/mol. The van der Waals surface area contributed by atoms with Gasteiger partial charge in [-0.05, 0) is 42.8 Å². The zero-order chi connectivity index (χ0) is 20.7. The van der Waals surface area contributed by atoms with E-state index in [0.717, 1.165) is 4.31 Å². The van der Waals surface area contributed by atoms with Crippen molar-refractivity contribution in [3.63, 3.8) is 0 Å². The first-order chi connectivity index (χ1) is 13.0. The van der Waals surface area contributed by atoms with Crippen molar-refractivity contribution in [3.8, 4) is 5.75 Å². The molecule has 1 fully saturated rings. The summed E-state index contributed by atoms with van der Waals surface area (Å²) in [5, 5.41) is 0. The summed E-state index contributed by atoms with van der Waals surface area (Å²) in [7, 11) is -6.17. The number of nitrogens with one attached hydrogen (secondary N) is 1. The van der Waals surface area contributed by atoms with Crippen LogP contribution >= 0.6 is 0 Å². The van der Waals surface area contributed by atoms with E-state index in [1.807, 2.05) is 0 Å². The zero-order valence-corrected chi connectivity index (χ0v) is 17.2. The van der Waals surface area contributed by atoms with Crippen LogP contribution in [0.15, 0.2) is 47.4 Å². The van der Waals surface area contributed by atoms with Gasteiger partial charge in [0.25, 0.3) is 10.0 Å². The average molecular weight is 425 g/mol. The fourth-order valence-electron chi connectivity index (χ4n) is 2.89. The van der Waals surface area contributed by atoms with Crippen molar-refractivity contribution in [3.05, 3.63) is 48.0 Å². The van der Waals surface area contributed by atoms with Gasteiger partial charge in [-0.25, -0.2) is 21.1 Å². The molecule has 0 saturated carbocycles. The molecule has 1 saturated heterocycles. The summed E-state index contributed by atoms with van der Waals surface area (Å²) in [4.78, 5) is 12.1. The Labute approximate surface area is 164 Å². The van der Waals surface area contributed by atoms with Gasteiger partial charge in [-0.15, -0.1) is 0 Å². The van der Waals surface area contributed by atoms with E-state index in [9.17, 15) is 21.6 Å². The van der Waals surface area contributed by atoms with Crippen LogP contribution in [0.2, 0.25) is 0 Å². The van der Waals surface area contributed by atoms with E-state index in [4.69, 9.17) is 4.74 Å². The van der Waals surface area contributed by atoms with Crippen molar-refractivity contribution in [2.24, 2.45) is 5.92 Å². The molecule has 0 bridgehead atoms. The fourth-order valence-corrected chi connectivity index (χ4v) is 5.83. The largest absolute Gasteiger partial charge is 0.497 e. The molecule has 3 rings (SSSR count). The van der Waals surface area contributed by atoms with Gasteiger partial charge < -0.3 is 4.74 Å². The molecule has 1 amide bonds. The zero-order valence-electron chi connectivity index (χ0n) is 15.5. The van der Waals surface area contributed by atoms with Crippen LogP contribution in [0.4, 0.5) is 11.4 Å². The molecule has 150 valence electrons. The normalized spacial score (nSPS) is 18.9. The van der Waals surface area contributed by atoms with Gasteiger partial charge in [-0.3, -0.25) is 9.52 Å². The third-order valence-corrected chi connectivity index (χ3v) is 7.68. The Balaban J connectivity index is 1.90. The minimum Gasteiger partial charge on any atom is -0.497 e. The molecule has 2 aromatic rings. The maximum absolute atomic E-state index is 12.7. The van der Waals surface area contributed by atoms with Crippen LogP contribution in [-0.4, -0.2) is 35.6 Å². The molecule has 1 N–H and O–H groups in total. The smallest absolute Gasteiger partial charge is 0.261 e. The predicted octanol–water partition coefficient (Wildman–Crippen LogP) is 2.12. The van der Waals surface area contributed by atoms with Crippen LogP contribution in [0.5, 0.6) is 5.75 Å². The lowest BCUT2D eigenvalue weighted by Gasteiger charge is -2.16. The van der Waals surface area contributed by atoms with E-state index in [2.05, 4.69) is 4.72 Å². The lowest BCUT2D eigenvalue weighted by molar-refractivity contribution is -0.119. The van der Waals surface area contributed by atoms with Crippen molar-refractivity contribution in [2.45, 2.75) is 18.7 Å². The number of carbonyl (C=O) groups excluding carboxylic acids is 1. The Morgan fingerprint density at radius 1 is 1.14 bits per heavy atom. The number of rotatable bonds is 5. The Kier molecular flexibility index (Phi) is 5.11. The number of nitrogens with zero attached hydrogens (tertiary/aromatic N) is 1. The van der Waals surface area contributed by atoms with Crippen molar-refractivity contribution in [1.82, 2.24) is 0 Å². The van der Waals surface area contributed by atoms with Crippen LogP contribution in [0, 0.1) is 12.8 Å². The van der Waals surface area contributed by atoms with Crippen molar-refractivity contribution >= 4 is 37.3 Å². The van der Waals surface area contributed by atoms with Gasteiger partial charge in [0.2, 0.25) is 15.9 Å². The number of amides is 1. The molecule has 1 aliphatic heterocycles. The number of sulfonamides is 2. The van der Waals surface area contributed by atoms with Crippen molar-refractivity contribution < 1.29 is 26.4 Å². The Morgan fingerprint density at radius 2 is 1.79 bits per heavy atom. The molecule has 0 aliphatic carbocycles. The van der Waals surface area contributed by atoms with E-state index in [-0.39, 0.29) is 16.3 Å². The number of methoxy groups -OCH3 is 1. The van der Waals surface area contributed by atoms with Gasteiger partial charge in [0.1, 0.15) is 5.75 Å². The molecule has 1 heterocycles.